The predicted molar refractivity (Wildman–Crippen MR) is 73.7 cm³/mol. The second kappa shape index (κ2) is 6.74. The molecule has 108 valence electrons. The van der Waals surface area contributed by atoms with Crippen molar-refractivity contribution in [2.45, 2.75) is 24.8 Å². The molecule has 0 bridgehead atoms. The Morgan fingerprint density at radius 1 is 1.37 bits per heavy atom. The standard InChI is InChI=1S/C12H20N2O4S/c1-9(2)18-7-6-14-19(15,16)12-5-4-10(17-3)8-11(12)13/h4-5,8-9,14H,6-7,13H2,1-3H3. The van der Waals surface area contributed by atoms with Gasteiger partial charge in [-0.15, -0.1) is 0 Å². The SMILES string of the molecule is COc1ccc(S(=O)(=O)NCCOC(C)C)c(N)c1. The minimum atomic E-state index is -3.62. The molecule has 0 heterocycles. The first-order valence-corrected chi connectivity index (χ1v) is 7.40. The number of nitrogens with one attached hydrogen (secondary N) is 1. The molecule has 0 aliphatic carbocycles. The zero-order valence-electron chi connectivity index (χ0n) is 11.3. The van der Waals surface area contributed by atoms with Gasteiger partial charge in [0.05, 0.1) is 25.5 Å². The quantitative estimate of drug-likeness (QED) is 0.576. The molecule has 0 aromatic heterocycles. The molecular formula is C12H20N2O4S. The summed E-state index contributed by atoms with van der Waals surface area (Å²) in [6.45, 7) is 4.28. The highest BCUT2D eigenvalue weighted by molar-refractivity contribution is 7.89. The van der Waals surface area contributed by atoms with Crippen LogP contribution in [0.2, 0.25) is 0 Å². The minimum Gasteiger partial charge on any atom is -0.497 e. The van der Waals surface area contributed by atoms with E-state index in [0.717, 1.165) is 0 Å². The number of ether oxygens (including phenoxy) is 2. The molecule has 0 radical (unpaired) electrons. The Kier molecular flexibility index (Phi) is 5.59. The van der Waals surface area contributed by atoms with Gasteiger partial charge in [-0.2, -0.15) is 0 Å². The van der Waals surface area contributed by atoms with Gasteiger partial charge in [-0.1, -0.05) is 0 Å². The summed E-state index contributed by atoms with van der Waals surface area (Å²) in [5.41, 5.74) is 5.85. The average molecular weight is 288 g/mol. The van der Waals surface area contributed by atoms with Crippen LogP contribution in [-0.4, -0.2) is 34.8 Å². The Hall–Kier alpha value is -1.31. The summed E-state index contributed by atoms with van der Waals surface area (Å²) >= 11 is 0. The predicted octanol–water partition coefficient (Wildman–Crippen LogP) is 0.981. The Balaban J connectivity index is 2.72. The van der Waals surface area contributed by atoms with Gasteiger partial charge in [-0.25, -0.2) is 13.1 Å². The van der Waals surface area contributed by atoms with Crippen molar-refractivity contribution in [2.24, 2.45) is 0 Å². The van der Waals surface area contributed by atoms with E-state index in [1.807, 2.05) is 13.8 Å². The summed E-state index contributed by atoms with van der Waals surface area (Å²) in [4.78, 5) is 0.0397. The van der Waals surface area contributed by atoms with Gasteiger partial charge in [0.15, 0.2) is 0 Å². The van der Waals surface area contributed by atoms with Crippen molar-refractivity contribution >= 4 is 15.7 Å². The second-order valence-electron chi connectivity index (χ2n) is 4.22. The first-order chi connectivity index (χ1) is 8.86. The molecule has 1 rings (SSSR count). The van der Waals surface area contributed by atoms with Crippen LogP contribution < -0.4 is 15.2 Å². The number of benzene rings is 1. The third kappa shape index (κ3) is 4.70. The van der Waals surface area contributed by atoms with Crippen LogP contribution in [0.15, 0.2) is 23.1 Å². The Bertz CT molecular complexity index is 514. The molecule has 0 fully saturated rings. The molecule has 6 nitrogen and oxygen atoms in total. The molecule has 7 heteroatoms. The molecule has 0 unspecified atom stereocenters. The Labute approximate surface area is 113 Å². The molecular weight excluding hydrogens is 268 g/mol. The van der Waals surface area contributed by atoms with E-state index in [-0.39, 0.29) is 23.2 Å². The van der Waals surface area contributed by atoms with Crippen LogP contribution in [0.3, 0.4) is 0 Å². The third-order valence-electron chi connectivity index (χ3n) is 2.35. The summed E-state index contributed by atoms with van der Waals surface area (Å²) in [7, 11) is -2.13. The average Bonchev–Trinajstić information content (AvgIpc) is 2.34. The van der Waals surface area contributed by atoms with E-state index < -0.39 is 10.0 Å². The molecule has 0 spiro atoms. The smallest absolute Gasteiger partial charge is 0.242 e. The van der Waals surface area contributed by atoms with Crippen LogP contribution in [0.5, 0.6) is 5.75 Å². The fourth-order valence-corrected chi connectivity index (χ4v) is 2.57. The lowest BCUT2D eigenvalue weighted by molar-refractivity contribution is 0.0834. The monoisotopic (exact) mass is 288 g/mol. The van der Waals surface area contributed by atoms with Crippen LogP contribution >= 0.6 is 0 Å². The third-order valence-corrected chi connectivity index (χ3v) is 3.89. The lowest BCUT2D eigenvalue weighted by Gasteiger charge is -2.11. The fourth-order valence-electron chi connectivity index (χ4n) is 1.45. The van der Waals surface area contributed by atoms with E-state index in [9.17, 15) is 8.42 Å². The number of hydrogen-bond donors (Lipinski definition) is 2. The van der Waals surface area contributed by atoms with E-state index in [0.29, 0.717) is 12.4 Å². The van der Waals surface area contributed by atoms with Crippen molar-refractivity contribution < 1.29 is 17.9 Å². The maximum absolute atomic E-state index is 12.0. The van der Waals surface area contributed by atoms with Gasteiger partial charge in [-0.05, 0) is 26.0 Å². The fraction of sp³-hybridized carbons (Fsp3) is 0.500. The summed E-state index contributed by atoms with van der Waals surface area (Å²) in [6, 6.07) is 4.44. The first kappa shape index (κ1) is 15.7. The molecule has 1 aromatic rings. The van der Waals surface area contributed by atoms with Crippen molar-refractivity contribution in [3.8, 4) is 5.75 Å². The van der Waals surface area contributed by atoms with Crippen LogP contribution in [0.25, 0.3) is 0 Å². The second-order valence-corrected chi connectivity index (χ2v) is 5.96. The molecule has 0 amide bonds. The molecule has 0 atom stereocenters. The zero-order chi connectivity index (χ0) is 14.5. The summed E-state index contributed by atoms with van der Waals surface area (Å²) in [5.74, 6) is 0.514. The van der Waals surface area contributed by atoms with E-state index >= 15 is 0 Å². The maximum Gasteiger partial charge on any atom is 0.242 e. The van der Waals surface area contributed by atoms with E-state index in [2.05, 4.69) is 4.72 Å². The zero-order valence-corrected chi connectivity index (χ0v) is 12.2. The highest BCUT2D eigenvalue weighted by Crippen LogP contribution is 2.23. The highest BCUT2D eigenvalue weighted by Gasteiger charge is 2.17. The molecule has 1 aromatic carbocycles. The summed E-state index contributed by atoms with van der Waals surface area (Å²) in [5, 5.41) is 0. The van der Waals surface area contributed by atoms with Crippen molar-refractivity contribution in [2.75, 3.05) is 26.0 Å². The lowest BCUT2D eigenvalue weighted by atomic mass is 10.3. The van der Waals surface area contributed by atoms with Crippen LogP contribution in [-0.2, 0) is 14.8 Å². The van der Waals surface area contributed by atoms with Crippen molar-refractivity contribution in [3.63, 3.8) is 0 Å². The number of hydrogen-bond acceptors (Lipinski definition) is 5. The van der Waals surface area contributed by atoms with Gasteiger partial charge in [0, 0.05) is 12.6 Å². The molecule has 3 N–H and O–H groups in total. The normalized spacial score (nSPS) is 11.8. The van der Waals surface area contributed by atoms with E-state index in [4.69, 9.17) is 15.2 Å². The highest BCUT2D eigenvalue weighted by atomic mass is 32.2. The van der Waals surface area contributed by atoms with Gasteiger partial charge in [-0.3, -0.25) is 0 Å². The van der Waals surface area contributed by atoms with Gasteiger partial charge in [0.2, 0.25) is 10.0 Å². The van der Waals surface area contributed by atoms with Crippen LogP contribution in [0.1, 0.15) is 13.8 Å². The minimum absolute atomic E-state index is 0.0397. The Morgan fingerprint density at radius 2 is 2.05 bits per heavy atom. The van der Waals surface area contributed by atoms with E-state index in [1.54, 1.807) is 6.07 Å². The first-order valence-electron chi connectivity index (χ1n) is 5.91. The lowest BCUT2D eigenvalue weighted by Crippen LogP contribution is -2.28. The molecule has 0 saturated carbocycles. The van der Waals surface area contributed by atoms with Crippen LogP contribution in [0, 0.1) is 0 Å². The number of rotatable bonds is 7. The van der Waals surface area contributed by atoms with Gasteiger partial charge in [0.25, 0.3) is 0 Å². The van der Waals surface area contributed by atoms with Crippen molar-refractivity contribution in [1.82, 2.24) is 4.72 Å². The largest absolute Gasteiger partial charge is 0.497 e. The molecule has 0 aliphatic heterocycles. The van der Waals surface area contributed by atoms with Gasteiger partial charge < -0.3 is 15.2 Å². The summed E-state index contributed by atoms with van der Waals surface area (Å²) in [6.07, 6.45) is 0.0653. The number of nitrogen functional groups attached to an aromatic ring is 1. The number of methoxy groups -OCH3 is 1. The maximum atomic E-state index is 12.0. The van der Waals surface area contributed by atoms with Crippen molar-refractivity contribution in [3.05, 3.63) is 18.2 Å². The Morgan fingerprint density at radius 3 is 2.58 bits per heavy atom. The number of anilines is 1. The summed E-state index contributed by atoms with van der Waals surface area (Å²) < 4.78 is 36.7. The molecule has 0 aliphatic rings. The molecule has 0 saturated heterocycles. The topological polar surface area (TPSA) is 90.7 Å². The van der Waals surface area contributed by atoms with Gasteiger partial charge in [0.1, 0.15) is 10.6 Å². The van der Waals surface area contributed by atoms with Gasteiger partial charge >= 0.3 is 0 Å². The van der Waals surface area contributed by atoms with E-state index in [1.165, 1.54) is 19.2 Å². The molecule has 19 heavy (non-hydrogen) atoms. The van der Waals surface area contributed by atoms with Crippen molar-refractivity contribution in [1.29, 1.82) is 0 Å². The van der Waals surface area contributed by atoms with Crippen LogP contribution in [0.4, 0.5) is 5.69 Å². The number of nitrogens with two attached hydrogens (primary N) is 1. The number of sulfonamides is 1.